The van der Waals surface area contributed by atoms with E-state index in [4.69, 9.17) is 23.2 Å². The molecule has 1 amide bonds. The highest BCUT2D eigenvalue weighted by atomic mass is 35.5. The van der Waals surface area contributed by atoms with E-state index >= 15 is 0 Å². The minimum Gasteiger partial charge on any atom is -0.336 e. The second-order valence-electron chi connectivity index (χ2n) is 4.30. The van der Waals surface area contributed by atoms with E-state index in [1.54, 1.807) is 12.1 Å². The van der Waals surface area contributed by atoms with Gasteiger partial charge in [-0.25, -0.2) is 0 Å². The van der Waals surface area contributed by atoms with Crippen molar-refractivity contribution >= 4 is 41.5 Å². The van der Waals surface area contributed by atoms with Crippen LogP contribution in [0.2, 0.25) is 5.02 Å². The summed E-state index contributed by atoms with van der Waals surface area (Å²) in [6.45, 7) is 4.11. The second-order valence-corrected chi connectivity index (χ2v) is 5.09. The molecule has 0 aliphatic carbocycles. The van der Waals surface area contributed by atoms with Gasteiger partial charge in [-0.1, -0.05) is 23.7 Å². The van der Waals surface area contributed by atoms with Crippen molar-refractivity contribution in [1.29, 1.82) is 0 Å². The molecule has 0 radical (unpaired) electrons. The van der Waals surface area contributed by atoms with E-state index in [-0.39, 0.29) is 18.3 Å². The maximum absolute atomic E-state index is 12.3. The van der Waals surface area contributed by atoms with E-state index in [1.165, 1.54) is 0 Å². The Kier molecular flexibility index (Phi) is 6.94. The summed E-state index contributed by atoms with van der Waals surface area (Å²) in [5.41, 5.74) is 0.588. The summed E-state index contributed by atoms with van der Waals surface area (Å²) in [5.74, 6) is 0.657. The Labute approximate surface area is 129 Å². The highest BCUT2D eigenvalue weighted by molar-refractivity contribution is 6.33. The predicted molar refractivity (Wildman–Crippen MR) is 81.8 cm³/mol. The Hall–Kier alpha value is -0.480. The maximum Gasteiger partial charge on any atom is 0.255 e. The molecule has 1 heterocycles. The lowest BCUT2D eigenvalue weighted by Crippen LogP contribution is -2.49. The van der Waals surface area contributed by atoms with Crippen LogP contribution in [0.1, 0.15) is 10.4 Å². The van der Waals surface area contributed by atoms with Gasteiger partial charge in [0.2, 0.25) is 0 Å². The summed E-state index contributed by atoms with van der Waals surface area (Å²) in [7, 11) is 0. The minimum atomic E-state index is 0. The molecule has 6 heteroatoms. The zero-order valence-corrected chi connectivity index (χ0v) is 12.8. The van der Waals surface area contributed by atoms with E-state index in [1.807, 2.05) is 17.0 Å². The molecule has 3 nitrogen and oxygen atoms in total. The Morgan fingerprint density at radius 3 is 2.37 bits per heavy atom. The zero-order valence-electron chi connectivity index (χ0n) is 10.5. The van der Waals surface area contributed by atoms with E-state index in [0.717, 1.165) is 32.7 Å². The van der Waals surface area contributed by atoms with Crippen LogP contribution in [0.3, 0.4) is 0 Å². The molecule has 1 aliphatic rings. The maximum atomic E-state index is 12.3. The quantitative estimate of drug-likeness (QED) is 0.799. The summed E-state index contributed by atoms with van der Waals surface area (Å²) >= 11 is 11.8. The van der Waals surface area contributed by atoms with E-state index in [0.29, 0.717) is 16.5 Å². The Balaban J connectivity index is 0.00000180. The first-order valence-electron chi connectivity index (χ1n) is 6.04. The number of carbonyl (C=O) groups excluding carboxylic acids is 1. The lowest BCUT2D eigenvalue weighted by atomic mass is 10.2. The highest BCUT2D eigenvalue weighted by Gasteiger charge is 2.22. The summed E-state index contributed by atoms with van der Waals surface area (Å²) in [6, 6.07) is 7.19. The lowest BCUT2D eigenvalue weighted by molar-refractivity contribution is 0.0644. The van der Waals surface area contributed by atoms with Gasteiger partial charge in [-0.2, -0.15) is 0 Å². The standard InChI is InChI=1S/C13H16Cl2N2O.ClH/c14-5-6-16-7-9-17(10-8-16)13(18)11-3-1-2-4-12(11)15;/h1-4H,5-10H2;1H. The van der Waals surface area contributed by atoms with Crippen molar-refractivity contribution in [3.8, 4) is 0 Å². The number of alkyl halides is 1. The molecule has 2 rings (SSSR count). The van der Waals surface area contributed by atoms with Crippen LogP contribution in [-0.4, -0.2) is 54.3 Å². The van der Waals surface area contributed by atoms with Crippen LogP contribution >= 0.6 is 35.6 Å². The van der Waals surface area contributed by atoms with E-state index in [2.05, 4.69) is 4.90 Å². The molecule has 0 spiro atoms. The SMILES string of the molecule is Cl.O=C(c1ccccc1Cl)N1CCN(CCCl)CC1. The van der Waals surface area contributed by atoms with Gasteiger partial charge in [-0.3, -0.25) is 9.69 Å². The third-order valence-corrected chi connectivity index (χ3v) is 3.66. The van der Waals surface area contributed by atoms with Crippen molar-refractivity contribution in [2.75, 3.05) is 38.6 Å². The van der Waals surface area contributed by atoms with Crippen LogP contribution in [0.4, 0.5) is 0 Å². The van der Waals surface area contributed by atoms with Gasteiger partial charge < -0.3 is 4.90 Å². The second kappa shape index (κ2) is 7.95. The van der Waals surface area contributed by atoms with Crippen LogP contribution < -0.4 is 0 Å². The average molecular weight is 324 g/mol. The Morgan fingerprint density at radius 1 is 1.16 bits per heavy atom. The molecule has 1 aromatic rings. The van der Waals surface area contributed by atoms with E-state index in [9.17, 15) is 4.79 Å². The van der Waals surface area contributed by atoms with Gasteiger partial charge in [-0.15, -0.1) is 24.0 Å². The van der Waals surface area contributed by atoms with Gasteiger partial charge in [-0.05, 0) is 12.1 Å². The molecule has 0 saturated carbocycles. The number of hydrogen-bond acceptors (Lipinski definition) is 2. The first-order chi connectivity index (χ1) is 8.72. The largest absolute Gasteiger partial charge is 0.336 e. The smallest absolute Gasteiger partial charge is 0.255 e. The average Bonchev–Trinajstić information content (AvgIpc) is 2.40. The molecule has 19 heavy (non-hydrogen) atoms. The monoisotopic (exact) mass is 322 g/mol. The molecule has 106 valence electrons. The summed E-state index contributed by atoms with van der Waals surface area (Å²) in [6.07, 6.45) is 0. The Morgan fingerprint density at radius 2 is 1.79 bits per heavy atom. The minimum absolute atomic E-state index is 0. The summed E-state index contributed by atoms with van der Waals surface area (Å²) < 4.78 is 0. The van der Waals surface area contributed by atoms with Crippen molar-refractivity contribution in [3.05, 3.63) is 34.9 Å². The molecule has 1 aromatic carbocycles. The molecule has 1 saturated heterocycles. The van der Waals surface area contributed by atoms with Crippen molar-refractivity contribution < 1.29 is 4.79 Å². The van der Waals surface area contributed by atoms with Crippen LogP contribution in [0, 0.1) is 0 Å². The number of rotatable bonds is 3. The predicted octanol–water partition coefficient (Wildman–Crippen LogP) is 2.76. The van der Waals surface area contributed by atoms with Crippen molar-refractivity contribution in [1.82, 2.24) is 9.80 Å². The van der Waals surface area contributed by atoms with Gasteiger partial charge in [0.15, 0.2) is 0 Å². The molecule has 0 bridgehead atoms. The van der Waals surface area contributed by atoms with Crippen LogP contribution in [0.5, 0.6) is 0 Å². The first kappa shape index (κ1) is 16.6. The first-order valence-corrected chi connectivity index (χ1v) is 6.95. The number of halogens is 3. The van der Waals surface area contributed by atoms with Gasteiger partial charge in [0, 0.05) is 38.6 Å². The highest BCUT2D eigenvalue weighted by Crippen LogP contribution is 2.18. The number of amides is 1. The van der Waals surface area contributed by atoms with Crippen LogP contribution in [0.25, 0.3) is 0 Å². The molecule has 0 unspecified atom stereocenters. The lowest BCUT2D eigenvalue weighted by Gasteiger charge is -2.34. The van der Waals surface area contributed by atoms with Crippen molar-refractivity contribution in [2.45, 2.75) is 0 Å². The molecule has 1 aliphatic heterocycles. The molecule has 0 N–H and O–H groups in total. The van der Waals surface area contributed by atoms with E-state index < -0.39 is 0 Å². The topological polar surface area (TPSA) is 23.6 Å². The third-order valence-electron chi connectivity index (χ3n) is 3.16. The van der Waals surface area contributed by atoms with Crippen molar-refractivity contribution in [2.24, 2.45) is 0 Å². The fourth-order valence-electron chi connectivity index (χ4n) is 2.10. The Bertz CT molecular complexity index is 420. The fourth-order valence-corrected chi connectivity index (χ4v) is 2.55. The van der Waals surface area contributed by atoms with Gasteiger partial charge in [0.25, 0.3) is 5.91 Å². The van der Waals surface area contributed by atoms with Crippen LogP contribution in [0.15, 0.2) is 24.3 Å². The number of benzene rings is 1. The molecular formula is C13H17Cl3N2O. The number of nitrogens with zero attached hydrogens (tertiary/aromatic N) is 2. The number of hydrogen-bond donors (Lipinski definition) is 0. The van der Waals surface area contributed by atoms with Crippen molar-refractivity contribution in [3.63, 3.8) is 0 Å². The summed E-state index contributed by atoms with van der Waals surface area (Å²) in [4.78, 5) is 16.4. The van der Waals surface area contributed by atoms with Gasteiger partial charge in [0.1, 0.15) is 0 Å². The molecule has 1 fully saturated rings. The normalized spacial score (nSPS) is 16.0. The summed E-state index contributed by atoms with van der Waals surface area (Å²) in [5, 5.41) is 0.519. The van der Waals surface area contributed by atoms with Gasteiger partial charge in [0.05, 0.1) is 10.6 Å². The fraction of sp³-hybridized carbons (Fsp3) is 0.462. The number of carbonyl (C=O) groups is 1. The van der Waals surface area contributed by atoms with Gasteiger partial charge >= 0.3 is 0 Å². The zero-order chi connectivity index (χ0) is 13.0. The number of piperazine rings is 1. The third kappa shape index (κ3) is 4.25. The molecule has 0 aromatic heterocycles. The van der Waals surface area contributed by atoms with Crippen LogP contribution in [-0.2, 0) is 0 Å². The molecule has 0 atom stereocenters. The molecular weight excluding hydrogens is 307 g/mol.